The Hall–Kier alpha value is -1.18. The Balaban J connectivity index is 1.49. The van der Waals surface area contributed by atoms with Crippen LogP contribution in [0.5, 0.6) is 0 Å². The first-order chi connectivity index (χ1) is 15.5. The van der Waals surface area contributed by atoms with E-state index in [1.165, 1.54) is 0 Å². The average molecular weight is 466 g/mol. The lowest BCUT2D eigenvalue weighted by Crippen LogP contribution is -2.62. The van der Waals surface area contributed by atoms with Crippen molar-refractivity contribution in [3.05, 3.63) is 0 Å². The summed E-state index contributed by atoms with van der Waals surface area (Å²) < 4.78 is 0. The van der Waals surface area contributed by atoms with Crippen molar-refractivity contribution in [2.45, 2.75) is 96.9 Å². The second-order valence-electron chi connectivity index (χ2n) is 12.2. The zero-order chi connectivity index (χ0) is 24.1. The molecule has 7 heteroatoms. The van der Waals surface area contributed by atoms with Crippen molar-refractivity contribution in [3.8, 4) is 0 Å². The van der Waals surface area contributed by atoms with Gasteiger partial charge in [-0.15, -0.1) is 0 Å². The number of carbonyl (C=O) groups excluding carboxylic acids is 1. The fraction of sp³-hybridized carbons (Fsp3) is 0.923. The Kier molecular flexibility index (Phi) is 6.89. The van der Waals surface area contributed by atoms with Crippen LogP contribution in [0, 0.1) is 46.3 Å². The van der Waals surface area contributed by atoms with Crippen LogP contribution >= 0.6 is 0 Å². The van der Waals surface area contributed by atoms with Gasteiger partial charge in [-0.05, 0) is 97.7 Å². The van der Waals surface area contributed by atoms with E-state index in [1.807, 2.05) is 0 Å². The molecule has 1 amide bonds. The lowest BCUT2D eigenvalue weighted by Gasteiger charge is -2.63. The lowest BCUT2D eigenvalue weighted by molar-refractivity contribution is -0.207. The number of aliphatic hydroxyl groups excluding tert-OH is 3. The Morgan fingerprint density at radius 3 is 2.45 bits per heavy atom. The number of nitrogens with one attached hydrogen (secondary N) is 1. The van der Waals surface area contributed by atoms with Crippen molar-refractivity contribution in [3.63, 3.8) is 0 Å². The van der Waals surface area contributed by atoms with Crippen molar-refractivity contribution in [1.29, 1.82) is 0 Å². The summed E-state index contributed by atoms with van der Waals surface area (Å²) in [5, 5.41) is 44.4. The molecule has 4 aliphatic rings. The number of carboxylic acids is 1. The Morgan fingerprint density at radius 1 is 1.03 bits per heavy atom. The zero-order valence-corrected chi connectivity index (χ0v) is 20.4. The largest absolute Gasteiger partial charge is 0.480 e. The van der Waals surface area contributed by atoms with E-state index in [0.717, 1.165) is 38.5 Å². The quantitative estimate of drug-likeness (QED) is 0.410. The normalized spacial score (nSPS) is 47.7. The maximum atomic E-state index is 12.0. The highest BCUT2D eigenvalue weighted by Crippen LogP contribution is 2.68. The van der Waals surface area contributed by atoms with Crippen LogP contribution in [0.15, 0.2) is 0 Å². The first-order valence-corrected chi connectivity index (χ1v) is 13.0. The van der Waals surface area contributed by atoms with E-state index in [-0.39, 0.29) is 65.1 Å². The summed E-state index contributed by atoms with van der Waals surface area (Å²) in [5.41, 5.74) is -0.214. The van der Waals surface area contributed by atoms with Gasteiger partial charge >= 0.3 is 5.97 Å². The third-order valence-electron chi connectivity index (χ3n) is 10.8. The summed E-state index contributed by atoms with van der Waals surface area (Å²) in [5.74, 6) is 0.265. The molecule has 0 heterocycles. The first-order valence-electron chi connectivity index (χ1n) is 13.0. The predicted molar refractivity (Wildman–Crippen MR) is 123 cm³/mol. The van der Waals surface area contributed by atoms with Crippen LogP contribution in [0.1, 0.15) is 78.6 Å². The average Bonchev–Trinajstić information content (AvgIpc) is 3.11. The highest BCUT2D eigenvalue weighted by molar-refractivity contribution is 5.81. The van der Waals surface area contributed by atoms with E-state index in [2.05, 4.69) is 26.1 Å². The van der Waals surface area contributed by atoms with Crippen molar-refractivity contribution in [1.82, 2.24) is 5.32 Å². The highest BCUT2D eigenvalue weighted by atomic mass is 16.4. The van der Waals surface area contributed by atoms with Crippen LogP contribution in [-0.2, 0) is 9.59 Å². The Labute approximate surface area is 197 Å². The monoisotopic (exact) mass is 465 g/mol. The molecule has 0 saturated heterocycles. The molecule has 188 valence electrons. The maximum absolute atomic E-state index is 12.0. The van der Waals surface area contributed by atoms with E-state index in [0.29, 0.717) is 25.2 Å². The molecule has 0 bridgehead atoms. The summed E-state index contributed by atoms with van der Waals surface area (Å²) in [6, 6.07) is 0. The predicted octanol–water partition coefficient (Wildman–Crippen LogP) is 2.56. The van der Waals surface area contributed by atoms with Gasteiger partial charge in [0.15, 0.2) is 0 Å². The van der Waals surface area contributed by atoms with E-state index in [4.69, 9.17) is 5.11 Å². The van der Waals surface area contributed by atoms with Crippen molar-refractivity contribution < 1.29 is 30.0 Å². The van der Waals surface area contributed by atoms with Gasteiger partial charge in [0.2, 0.25) is 5.91 Å². The summed E-state index contributed by atoms with van der Waals surface area (Å²) in [7, 11) is 0. The topological polar surface area (TPSA) is 127 Å². The number of hydrogen-bond acceptors (Lipinski definition) is 5. The summed E-state index contributed by atoms with van der Waals surface area (Å²) in [4.78, 5) is 22.7. The minimum atomic E-state index is -1.04. The molecule has 0 spiro atoms. The number of fused-ring (bicyclic) bond motifs is 5. The molecule has 4 rings (SSSR count). The number of aliphatic hydroxyl groups is 3. The molecular formula is C26H43NO6. The second-order valence-corrected chi connectivity index (χ2v) is 12.2. The number of amides is 1. The van der Waals surface area contributed by atoms with E-state index < -0.39 is 12.1 Å². The smallest absolute Gasteiger partial charge is 0.322 e. The number of aliphatic carboxylic acids is 1. The third-order valence-corrected chi connectivity index (χ3v) is 10.8. The molecular weight excluding hydrogens is 422 g/mol. The van der Waals surface area contributed by atoms with Crippen molar-refractivity contribution >= 4 is 11.9 Å². The van der Waals surface area contributed by atoms with Gasteiger partial charge in [0.05, 0.1) is 18.3 Å². The molecule has 4 saturated carbocycles. The first kappa shape index (κ1) is 24.9. The molecule has 0 aromatic rings. The molecule has 0 radical (unpaired) electrons. The van der Waals surface area contributed by atoms with Gasteiger partial charge in [-0.1, -0.05) is 20.8 Å². The molecule has 0 unspecified atom stereocenters. The second kappa shape index (κ2) is 9.12. The summed E-state index contributed by atoms with van der Waals surface area (Å²) >= 11 is 0. The van der Waals surface area contributed by atoms with E-state index in [1.54, 1.807) is 0 Å². The van der Waals surface area contributed by atoms with Crippen molar-refractivity contribution in [2.24, 2.45) is 46.3 Å². The fourth-order valence-corrected chi connectivity index (χ4v) is 8.95. The standard InChI is InChI=1S/C26H43NO6/c1-14(4-7-22(31)27-13-23(32)33)17-5-6-18-24-19(12-21(30)26(17,18)3)25(2)9-8-16(28)10-15(25)11-20(24)29/h14-21,24,28-30H,4-13H2,1-3H3,(H,27,31)(H,32,33)/t14-,15+,16-,17+,18-,19-,20-,21+,24-,25-,26+/m0/s1. The SMILES string of the molecule is C[C@@H](CCC(=O)NCC(=O)O)[C@H]1CC[C@H]2[C@@H]3[C@@H](O)C[C@H]4C[C@@H](O)CC[C@]4(C)[C@H]3C[C@@H](O)[C@]12C. The van der Waals surface area contributed by atoms with Crippen LogP contribution < -0.4 is 5.32 Å². The number of rotatable bonds is 6. The Bertz CT molecular complexity index is 759. The number of carboxylic acid groups (broad SMARTS) is 1. The van der Waals surface area contributed by atoms with Crippen LogP contribution in [-0.4, -0.2) is 57.2 Å². The van der Waals surface area contributed by atoms with E-state index in [9.17, 15) is 24.9 Å². The molecule has 4 aliphatic carbocycles. The van der Waals surface area contributed by atoms with Crippen LogP contribution in [0.3, 0.4) is 0 Å². The van der Waals surface area contributed by atoms with Gasteiger partial charge in [0.1, 0.15) is 6.54 Å². The molecule has 4 fully saturated rings. The summed E-state index contributed by atoms with van der Waals surface area (Å²) in [6.45, 7) is 6.35. The van der Waals surface area contributed by atoms with Crippen LogP contribution in [0.2, 0.25) is 0 Å². The number of carbonyl (C=O) groups is 2. The zero-order valence-electron chi connectivity index (χ0n) is 20.4. The third kappa shape index (κ3) is 4.23. The van der Waals surface area contributed by atoms with Gasteiger partial charge in [0, 0.05) is 6.42 Å². The van der Waals surface area contributed by atoms with Gasteiger partial charge in [-0.2, -0.15) is 0 Å². The highest BCUT2D eigenvalue weighted by Gasteiger charge is 2.65. The van der Waals surface area contributed by atoms with Gasteiger partial charge < -0.3 is 25.7 Å². The molecule has 0 aromatic carbocycles. The summed E-state index contributed by atoms with van der Waals surface area (Å²) in [6.07, 6.45) is 5.86. The van der Waals surface area contributed by atoms with Crippen LogP contribution in [0.4, 0.5) is 0 Å². The van der Waals surface area contributed by atoms with Gasteiger partial charge in [-0.25, -0.2) is 0 Å². The lowest BCUT2D eigenvalue weighted by atomic mass is 9.43. The molecule has 7 nitrogen and oxygen atoms in total. The maximum Gasteiger partial charge on any atom is 0.322 e. The molecule has 11 atom stereocenters. The van der Waals surface area contributed by atoms with Gasteiger partial charge in [-0.3, -0.25) is 9.59 Å². The molecule has 0 aliphatic heterocycles. The molecule has 0 aromatic heterocycles. The fourth-order valence-electron chi connectivity index (χ4n) is 8.95. The minimum Gasteiger partial charge on any atom is -0.480 e. The molecule has 5 N–H and O–H groups in total. The van der Waals surface area contributed by atoms with Crippen molar-refractivity contribution in [2.75, 3.05) is 6.54 Å². The number of hydrogen-bond donors (Lipinski definition) is 5. The van der Waals surface area contributed by atoms with Gasteiger partial charge in [0.25, 0.3) is 0 Å². The Morgan fingerprint density at radius 2 is 1.76 bits per heavy atom. The molecule has 33 heavy (non-hydrogen) atoms. The minimum absolute atomic E-state index is 0.0668. The van der Waals surface area contributed by atoms with E-state index >= 15 is 0 Å². The van der Waals surface area contributed by atoms with Crippen LogP contribution in [0.25, 0.3) is 0 Å².